The van der Waals surface area contributed by atoms with Crippen molar-refractivity contribution in [1.29, 1.82) is 0 Å². The van der Waals surface area contributed by atoms with Gasteiger partial charge in [0.15, 0.2) is 0 Å². The van der Waals surface area contributed by atoms with Crippen molar-refractivity contribution in [2.45, 2.75) is 37.5 Å². The molecule has 1 nitrogen and oxygen atoms in total. The normalized spacial score (nSPS) is 19.7. The summed E-state index contributed by atoms with van der Waals surface area (Å²) in [7, 11) is 0. The third kappa shape index (κ3) is 1.50. The fraction of sp³-hybridized carbons (Fsp3) is 0.500. The second-order valence-corrected chi connectivity index (χ2v) is 4.45. The highest BCUT2D eigenvalue weighted by atomic mass is 19.3. The average Bonchev–Trinajstić information content (AvgIpc) is 1.98. The molecule has 0 amide bonds. The van der Waals surface area contributed by atoms with Gasteiger partial charge in [-0.2, -0.15) is 0 Å². The first kappa shape index (κ1) is 10.4. The molecule has 0 aromatic heterocycles. The molecule has 0 unspecified atom stereocenters. The second kappa shape index (κ2) is 3.19. The van der Waals surface area contributed by atoms with Gasteiger partial charge in [-0.3, -0.25) is 0 Å². The predicted molar refractivity (Wildman–Crippen MR) is 57.0 cm³/mol. The van der Waals surface area contributed by atoms with Gasteiger partial charge in [0.25, 0.3) is 5.92 Å². The number of rotatable bonds is 2. The smallest absolute Gasteiger partial charge is 0.254 e. The number of hydrogen-bond donors (Lipinski definition) is 1. The zero-order chi connectivity index (χ0) is 11.1. The molecule has 2 rings (SSSR count). The summed E-state index contributed by atoms with van der Waals surface area (Å²) < 4.78 is 27.2. The van der Waals surface area contributed by atoms with Crippen LogP contribution in [0.5, 0.6) is 0 Å². The minimum atomic E-state index is -2.67. The number of halogens is 2. The zero-order valence-corrected chi connectivity index (χ0v) is 8.76. The minimum Gasteiger partial charge on any atom is -0.399 e. The predicted octanol–water partition coefficient (Wildman–Crippen LogP) is 3.35. The van der Waals surface area contributed by atoms with Crippen LogP contribution in [0.3, 0.4) is 0 Å². The van der Waals surface area contributed by atoms with E-state index in [1.54, 1.807) is 24.3 Å². The van der Waals surface area contributed by atoms with E-state index < -0.39 is 11.3 Å². The number of hydrogen-bond acceptors (Lipinski definition) is 1. The molecule has 1 fully saturated rings. The van der Waals surface area contributed by atoms with Crippen LogP contribution in [0.25, 0.3) is 0 Å². The summed E-state index contributed by atoms with van der Waals surface area (Å²) in [4.78, 5) is 0. The van der Waals surface area contributed by atoms with Gasteiger partial charge in [0, 0.05) is 12.6 Å². The summed E-state index contributed by atoms with van der Waals surface area (Å²) in [5.41, 5.74) is 5.90. The lowest BCUT2D eigenvalue weighted by molar-refractivity contribution is -0.0969. The minimum absolute atomic E-state index is 0.556. The SMILES string of the molecule is CC(F)(F)C1(c2cccc(N)c2)CCC1. The largest absolute Gasteiger partial charge is 0.399 e. The van der Waals surface area contributed by atoms with E-state index in [2.05, 4.69) is 0 Å². The Balaban J connectivity index is 2.43. The number of nitrogens with two attached hydrogens (primary N) is 1. The van der Waals surface area contributed by atoms with Crippen molar-refractivity contribution >= 4 is 5.69 Å². The van der Waals surface area contributed by atoms with Gasteiger partial charge in [0.2, 0.25) is 0 Å². The highest BCUT2D eigenvalue weighted by molar-refractivity contribution is 5.45. The Morgan fingerprint density at radius 3 is 2.40 bits per heavy atom. The van der Waals surface area contributed by atoms with Crippen molar-refractivity contribution in [3.63, 3.8) is 0 Å². The Bertz CT molecular complexity index is 364. The molecule has 0 heterocycles. The first-order valence-electron chi connectivity index (χ1n) is 5.20. The lowest BCUT2D eigenvalue weighted by Crippen LogP contribution is -2.48. The second-order valence-electron chi connectivity index (χ2n) is 4.45. The fourth-order valence-electron chi connectivity index (χ4n) is 2.35. The van der Waals surface area contributed by atoms with Gasteiger partial charge in [-0.1, -0.05) is 18.6 Å². The monoisotopic (exact) mass is 211 g/mol. The topological polar surface area (TPSA) is 26.0 Å². The Labute approximate surface area is 88.3 Å². The first-order chi connectivity index (χ1) is 6.96. The Hall–Kier alpha value is -1.12. The molecule has 0 radical (unpaired) electrons. The van der Waals surface area contributed by atoms with Gasteiger partial charge in [-0.05, 0) is 30.5 Å². The molecule has 1 aliphatic rings. The Morgan fingerprint density at radius 1 is 1.33 bits per heavy atom. The number of anilines is 1. The van der Waals surface area contributed by atoms with Crippen LogP contribution in [0.4, 0.5) is 14.5 Å². The standard InChI is InChI=1S/C12H15F2N/c1-11(13,14)12(6-3-7-12)9-4-2-5-10(15)8-9/h2,4-5,8H,3,6-7,15H2,1H3. The van der Waals surface area contributed by atoms with Gasteiger partial charge in [0.1, 0.15) is 0 Å². The molecule has 0 aliphatic heterocycles. The van der Waals surface area contributed by atoms with E-state index in [0.29, 0.717) is 24.1 Å². The third-order valence-electron chi connectivity index (χ3n) is 3.49. The summed E-state index contributed by atoms with van der Waals surface area (Å²) in [5, 5.41) is 0. The Kier molecular flexibility index (Phi) is 2.21. The van der Waals surface area contributed by atoms with E-state index in [1.165, 1.54) is 0 Å². The average molecular weight is 211 g/mol. The van der Waals surface area contributed by atoms with Crippen molar-refractivity contribution in [2.75, 3.05) is 5.73 Å². The molecule has 1 aliphatic carbocycles. The zero-order valence-electron chi connectivity index (χ0n) is 8.76. The van der Waals surface area contributed by atoms with E-state index in [9.17, 15) is 8.78 Å². The number of nitrogen functional groups attached to an aromatic ring is 1. The molecule has 82 valence electrons. The highest BCUT2D eigenvalue weighted by Gasteiger charge is 2.54. The molecule has 0 saturated heterocycles. The maximum absolute atomic E-state index is 13.6. The summed E-state index contributed by atoms with van der Waals surface area (Å²) in [6.45, 7) is 1.01. The van der Waals surface area contributed by atoms with Gasteiger partial charge >= 0.3 is 0 Å². The summed E-state index contributed by atoms with van der Waals surface area (Å²) in [5.74, 6) is -2.67. The molecule has 1 aromatic rings. The van der Waals surface area contributed by atoms with Crippen LogP contribution in [0, 0.1) is 0 Å². The van der Waals surface area contributed by atoms with Gasteiger partial charge in [-0.25, -0.2) is 8.78 Å². The van der Waals surface area contributed by atoms with E-state index in [0.717, 1.165) is 13.3 Å². The molecular weight excluding hydrogens is 196 g/mol. The van der Waals surface area contributed by atoms with E-state index >= 15 is 0 Å². The molecule has 15 heavy (non-hydrogen) atoms. The molecule has 0 spiro atoms. The molecule has 1 aromatic carbocycles. The van der Waals surface area contributed by atoms with E-state index in [1.807, 2.05) is 0 Å². The van der Waals surface area contributed by atoms with Crippen molar-refractivity contribution in [2.24, 2.45) is 0 Å². The molecular formula is C12H15F2N. The maximum Gasteiger partial charge on any atom is 0.254 e. The molecule has 0 bridgehead atoms. The van der Waals surface area contributed by atoms with Crippen LogP contribution in [0.2, 0.25) is 0 Å². The van der Waals surface area contributed by atoms with Gasteiger partial charge in [-0.15, -0.1) is 0 Å². The van der Waals surface area contributed by atoms with Gasteiger partial charge < -0.3 is 5.73 Å². The van der Waals surface area contributed by atoms with Crippen LogP contribution in [0.1, 0.15) is 31.7 Å². The molecule has 1 saturated carbocycles. The van der Waals surface area contributed by atoms with Crippen molar-refractivity contribution in [3.8, 4) is 0 Å². The van der Waals surface area contributed by atoms with E-state index in [-0.39, 0.29) is 0 Å². The molecule has 3 heteroatoms. The van der Waals surface area contributed by atoms with Crippen molar-refractivity contribution in [1.82, 2.24) is 0 Å². The molecule has 2 N–H and O–H groups in total. The maximum atomic E-state index is 13.6. The third-order valence-corrected chi connectivity index (χ3v) is 3.49. The number of benzene rings is 1. The summed E-state index contributed by atoms with van der Waals surface area (Å²) in [6.07, 6.45) is 1.98. The highest BCUT2D eigenvalue weighted by Crippen LogP contribution is 2.53. The lowest BCUT2D eigenvalue weighted by Gasteiger charge is -2.46. The van der Waals surface area contributed by atoms with Crippen LogP contribution >= 0.6 is 0 Å². The van der Waals surface area contributed by atoms with E-state index in [4.69, 9.17) is 5.73 Å². The fourth-order valence-corrected chi connectivity index (χ4v) is 2.35. The van der Waals surface area contributed by atoms with Crippen LogP contribution in [-0.4, -0.2) is 5.92 Å². The Morgan fingerprint density at radius 2 is 2.00 bits per heavy atom. The first-order valence-corrected chi connectivity index (χ1v) is 5.20. The molecule has 0 atom stereocenters. The van der Waals surface area contributed by atoms with Crippen molar-refractivity contribution in [3.05, 3.63) is 29.8 Å². The van der Waals surface area contributed by atoms with Crippen LogP contribution < -0.4 is 5.73 Å². The van der Waals surface area contributed by atoms with Crippen molar-refractivity contribution < 1.29 is 8.78 Å². The summed E-state index contributed by atoms with van der Waals surface area (Å²) in [6, 6.07) is 6.91. The van der Waals surface area contributed by atoms with Gasteiger partial charge in [0.05, 0.1) is 5.41 Å². The quantitative estimate of drug-likeness (QED) is 0.746. The van der Waals surface area contributed by atoms with Crippen LogP contribution in [0.15, 0.2) is 24.3 Å². The van der Waals surface area contributed by atoms with Crippen LogP contribution in [-0.2, 0) is 5.41 Å². The summed E-state index contributed by atoms with van der Waals surface area (Å²) >= 11 is 0. The lowest BCUT2D eigenvalue weighted by atomic mass is 9.61. The number of alkyl halides is 2.